The summed E-state index contributed by atoms with van der Waals surface area (Å²) in [4.78, 5) is 2.54. The van der Waals surface area contributed by atoms with Crippen LogP contribution < -0.4 is 10.6 Å². The lowest BCUT2D eigenvalue weighted by molar-refractivity contribution is 0.279. The maximum Gasteiger partial charge on any atom is 0.0400 e. The number of hydrogen-bond donors (Lipinski definition) is 1. The molecule has 0 aliphatic carbocycles. The number of nitrogens with two attached hydrogens (primary N) is 1. The van der Waals surface area contributed by atoms with Gasteiger partial charge >= 0.3 is 0 Å². The van der Waals surface area contributed by atoms with Crippen LogP contribution in [0, 0.1) is 5.41 Å². The summed E-state index contributed by atoms with van der Waals surface area (Å²) in [5, 5.41) is 0. The second-order valence-electron chi connectivity index (χ2n) is 6.80. The van der Waals surface area contributed by atoms with Gasteiger partial charge in [0.05, 0.1) is 0 Å². The number of rotatable bonds is 4. The Kier molecular flexibility index (Phi) is 5.14. The van der Waals surface area contributed by atoms with Gasteiger partial charge in [0.2, 0.25) is 0 Å². The molecular formula is C17H27BrN2. The largest absolute Gasteiger partial charge is 0.371 e. The summed E-state index contributed by atoms with van der Waals surface area (Å²) in [5.74, 6) is 0. The summed E-state index contributed by atoms with van der Waals surface area (Å²) in [6, 6.07) is 6.89. The average Bonchev–Trinajstić information content (AvgIpc) is 2.39. The maximum atomic E-state index is 6.16. The smallest absolute Gasteiger partial charge is 0.0400 e. The molecule has 0 bridgehead atoms. The normalized spacial score (nSPS) is 19.9. The molecule has 0 amide bonds. The van der Waals surface area contributed by atoms with Gasteiger partial charge in [0.1, 0.15) is 0 Å². The highest BCUT2D eigenvalue weighted by Crippen LogP contribution is 2.34. The van der Waals surface area contributed by atoms with E-state index in [4.69, 9.17) is 5.73 Å². The highest BCUT2D eigenvalue weighted by molar-refractivity contribution is 9.10. The Balaban J connectivity index is 2.18. The molecule has 1 saturated heterocycles. The van der Waals surface area contributed by atoms with Crippen LogP contribution in [0.15, 0.2) is 22.7 Å². The Bertz CT molecular complexity index is 446. The number of hydrogen-bond acceptors (Lipinski definition) is 2. The molecule has 3 heteroatoms. The van der Waals surface area contributed by atoms with Crippen molar-refractivity contribution in [2.45, 2.75) is 52.5 Å². The van der Waals surface area contributed by atoms with Gasteiger partial charge in [-0.2, -0.15) is 0 Å². The quantitative estimate of drug-likeness (QED) is 0.883. The van der Waals surface area contributed by atoms with Crippen LogP contribution in [-0.4, -0.2) is 19.1 Å². The van der Waals surface area contributed by atoms with Gasteiger partial charge < -0.3 is 10.6 Å². The zero-order chi connectivity index (χ0) is 14.8. The molecule has 20 heavy (non-hydrogen) atoms. The van der Waals surface area contributed by atoms with Crippen LogP contribution in [0.4, 0.5) is 5.69 Å². The van der Waals surface area contributed by atoms with Gasteiger partial charge in [-0.25, -0.2) is 0 Å². The van der Waals surface area contributed by atoms with E-state index < -0.39 is 0 Å². The van der Waals surface area contributed by atoms with E-state index in [0.717, 1.165) is 30.4 Å². The van der Waals surface area contributed by atoms with Crippen LogP contribution in [0.25, 0.3) is 0 Å². The van der Waals surface area contributed by atoms with Gasteiger partial charge in [-0.1, -0.05) is 36.7 Å². The van der Waals surface area contributed by atoms with E-state index in [2.05, 4.69) is 59.8 Å². The minimum absolute atomic E-state index is 0.254. The van der Waals surface area contributed by atoms with Gasteiger partial charge in [-0.15, -0.1) is 0 Å². The first kappa shape index (κ1) is 15.8. The molecule has 2 rings (SSSR count). The van der Waals surface area contributed by atoms with Crippen molar-refractivity contribution in [2.24, 2.45) is 11.1 Å². The molecule has 1 heterocycles. The Morgan fingerprint density at radius 3 is 2.55 bits per heavy atom. The van der Waals surface area contributed by atoms with Gasteiger partial charge in [-0.3, -0.25) is 0 Å². The first-order valence-corrected chi connectivity index (χ1v) is 8.49. The van der Waals surface area contributed by atoms with E-state index in [9.17, 15) is 0 Å². The van der Waals surface area contributed by atoms with Crippen molar-refractivity contribution in [3.8, 4) is 0 Å². The molecular weight excluding hydrogens is 312 g/mol. The first-order chi connectivity index (χ1) is 9.41. The van der Waals surface area contributed by atoms with E-state index in [1.54, 1.807) is 0 Å². The molecule has 1 fully saturated rings. The standard InChI is InChI=1S/C17H27BrN2/c1-4-15(19)12-13-11-14(18)5-6-16(13)20-9-7-17(2,3)8-10-20/h5-6,11,15H,4,7-10,12,19H2,1-3H3. The lowest BCUT2D eigenvalue weighted by Gasteiger charge is -2.39. The van der Waals surface area contributed by atoms with E-state index in [1.807, 2.05) is 0 Å². The SMILES string of the molecule is CCC(N)Cc1cc(Br)ccc1N1CCC(C)(C)CC1. The van der Waals surface area contributed by atoms with E-state index in [0.29, 0.717) is 5.41 Å². The zero-order valence-corrected chi connectivity index (χ0v) is 14.5. The number of benzene rings is 1. The molecule has 0 aromatic heterocycles. The second kappa shape index (κ2) is 6.48. The Morgan fingerprint density at radius 2 is 1.95 bits per heavy atom. The number of nitrogens with zero attached hydrogens (tertiary/aromatic N) is 1. The summed E-state index contributed by atoms with van der Waals surface area (Å²) in [5.41, 5.74) is 9.42. The summed E-state index contributed by atoms with van der Waals surface area (Å²) in [7, 11) is 0. The van der Waals surface area contributed by atoms with E-state index in [-0.39, 0.29) is 6.04 Å². The fourth-order valence-electron chi connectivity index (χ4n) is 2.81. The lowest BCUT2D eigenvalue weighted by atomic mass is 9.82. The van der Waals surface area contributed by atoms with Crippen molar-refractivity contribution in [1.29, 1.82) is 0 Å². The first-order valence-electron chi connectivity index (χ1n) is 7.70. The van der Waals surface area contributed by atoms with Crippen LogP contribution >= 0.6 is 15.9 Å². The Labute approximate surface area is 131 Å². The summed E-state index contributed by atoms with van der Waals surface area (Å²) in [6.45, 7) is 9.22. The van der Waals surface area contributed by atoms with Crippen molar-refractivity contribution < 1.29 is 0 Å². The fraction of sp³-hybridized carbons (Fsp3) is 0.647. The molecule has 1 aliphatic rings. The van der Waals surface area contributed by atoms with Crippen molar-refractivity contribution >= 4 is 21.6 Å². The molecule has 1 atom stereocenters. The average molecular weight is 339 g/mol. The molecule has 1 unspecified atom stereocenters. The molecule has 0 radical (unpaired) electrons. The molecule has 0 spiro atoms. The third-order valence-corrected chi connectivity index (χ3v) is 5.00. The minimum Gasteiger partial charge on any atom is -0.371 e. The van der Waals surface area contributed by atoms with Crippen LogP contribution in [0.2, 0.25) is 0 Å². The molecule has 2 N–H and O–H groups in total. The third-order valence-electron chi connectivity index (χ3n) is 4.51. The van der Waals surface area contributed by atoms with Crippen LogP contribution in [0.3, 0.4) is 0 Å². The number of halogens is 1. The van der Waals surface area contributed by atoms with E-state index in [1.165, 1.54) is 24.1 Å². The minimum atomic E-state index is 0.254. The monoisotopic (exact) mass is 338 g/mol. The fourth-order valence-corrected chi connectivity index (χ4v) is 3.21. The van der Waals surface area contributed by atoms with Gasteiger partial charge in [0, 0.05) is 29.3 Å². The highest BCUT2D eigenvalue weighted by Gasteiger charge is 2.26. The summed E-state index contributed by atoms with van der Waals surface area (Å²) >= 11 is 3.59. The molecule has 1 aromatic rings. The number of piperidine rings is 1. The van der Waals surface area contributed by atoms with Gasteiger partial charge in [0.25, 0.3) is 0 Å². The molecule has 1 aromatic carbocycles. The van der Waals surface area contributed by atoms with Crippen molar-refractivity contribution in [3.05, 3.63) is 28.2 Å². The van der Waals surface area contributed by atoms with Crippen molar-refractivity contribution in [1.82, 2.24) is 0 Å². The Hall–Kier alpha value is -0.540. The predicted molar refractivity (Wildman–Crippen MR) is 91.3 cm³/mol. The molecule has 1 aliphatic heterocycles. The van der Waals surface area contributed by atoms with Crippen LogP contribution in [0.5, 0.6) is 0 Å². The lowest BCUT2D eigenvalue weighted by Crippen LogP contribution is -2.38. The topological polar surface area (TPSA) is 29.3 Å². The summed E-state index contributed by atoms with van der Waals surface area (Å²) in [6.07, 6.45) is 4.52. The van der Waals surface area contributed by atoms with Crippen LogP contribution in [-0.2, 0) is 6.42 Å². The predicted octanol–water partition coefficient (Wildman–Crippen LogP) is 4.36. The summed E-state index contributed by atoms with van der Waals surface area (Å²) < 4.78 is 1.15. The zero-order valence-electron chi connectivity index (χ0n) is 13.0. The van der Waals surface area contributed by atoms with Gasteiger partial charge in [0.15, 0.2) is 0 Å². The molecule has 112 valence electrons. The van der Waals surface area contributed by atoms with E-state index >= 15 is 0 Å². The highest BCUT2D eigenvalue weighted by atomic mass is 79.9. The number of anilines is 1. The Morgan fingerprint density at radius 1 is 1.30 bits per heavy atom. The van der Waals surface area contributed by atoms with Crippen molar-refractivity contribution in [2.75, 3.05) is 18.0 Å². The molecule has 2 nitrogen and oxygen atoms in total. The molecule has 0 saturated carbocycles. The maximum absolute atomic E-state index is 6.16. The third kappa shape index (κ3) is 3.98. The van der Waals surface area contributed by atoms with Crippen LogP contribution in [0.1, 0.15) is 45.6 Å². The second-order valence-corrected chi connectivity index (χ2v) is 7.71. The van der Waals surface area contributed by atoms with Gasteiger partial charge in [-0.05, 0) is 54.9 Å². The van der Waals surface area contributed by atoms with Crippen molar-refractivity contribution in [3.63, 3.8) is 0 Å².